The highest BCUT2D eigenvalue weighted by molar-refractivity contribution is 6.32. The van der Waals surface area contributed by atoms with E-state index in [2.05, 4.69) is 34.3 Å². The number of para-hydroxylation sites is 2. The lowest BCUT2D eigenvalue weighted by Gasteiger charge is -2.08. The van der Waals surface area contributed by atoms with Gasteiger partial charge in [-0.1, -0.05) is 37.6 Å². The Balaban J connectivity index is 2.40. The number of aromatic nitrogens is 3. The Bertz CT molecular complexity index is 715. The maximum absolute atomic E-state index is 6.19. The minimum Gasteiger partial charge on any atom is -0.293 e. The van der Waals surface area contributed by atoms with E-state index < -0.39 is 0 Å². The number of imidazole rings is 1. The lowest BCUT2D eigenvalue weighted by molar-refractivity contribution is 0.633. The van der Waals surface area contributed by atoms with Gasteiger partial charge in [-0.05, 0) is 24.5 Å². The Kier molecular flexibility index (Phi) is 2.71. The highest BCUT2D eigenvalue weighted by Gasteiger charge is 2.12. The van der Waals surface area contributed by atoms with Gasteiger partial charge in [-0.3, -0.25) is 4.40 Å². The monoisotopic (exact) mass is 259 g/mol. The number of nitrogens with zero attached hydrogens (tertiary/aromatic N) is 3. The molecule has 4 heteroatoms. The van der Waals surface area contributed by atoms with E-state index in [1.165, 1.54) is 5.69 Å². The van der Waals surface area contributed by atoms with Crippen molar-refractivity contribution < 1.29 is 0 Å². The van der Waals surface area contributed by atoms with Gasteiger partial charge in [0.1, 0.15) is 0 Å². The van der Waals surface area contributed by atoms with Crippen molar-refractivity contribution in [3.8, 4) is 0 Å². The van der Waals surface area contributed by atoms with Crippen LogP contribution in [0, 0.1) is 5.92 Å². The molecule has 2 heterocycles. The number of hydrogen-bond acceptors (Lipinski definition) is 2. The first-order chi connectivity index (χ1) is 8.66. The summed E-state index contributed by atoms with van der Waals surface area (Å²) in [6, 6.07) is 8.00. The Labute approximate surface area is 110 Å². The highest BCUT2D eigenvalue weighted by atomic mass is 35.5. The van der Waals surface area contributed by atoms with Crippen LogP contribution in [0.3, 0.4) is 0 Å². The average molecular weight is 260 g/mol. The molecule has 0 fully saturated rings. The van der Waals surface area contributed by atoms with Gasteiger partial charge in [0.2, 0.25) is 0 Å². The lowest BCUT2D eigenvalue weighted by Crippen LogP contribution is -2.01. The molecular formula is C14H14ClN3. The molecule has 0 spiro atoms. The lowest BCUT2D eigenvalue weighted by atomic mass is 10.1. The summed E-state index contributed by atoms with van der Waals surface area (Å²) in [5.41, 5.74) is 3.88. The molecule has 3 aromatic rings. The van der Waals surface area contributed by atoms with Gasteiger partial charge in [0.25, 0.3) is 0 Å². The van der Waals surface area contributed by atoms with Gasteiger partial charge >= 0.3 is 0 Å². The number of fused-ring (bicyclic) bond motifs is 3. The summed E-state index contributed by atoms with van der Waals surface area (Å²) in [4.78, 5) is 8.77. The van der Waals surface area contributed by atoms with Crippen molar-refractivity contribution in [3.05, 3.63) is 41.3 Å². The molecule has 0 bridgehead atoms. The smallest absolute Gasteiger partial charge is 0.175 e. The number of benzene rings is 1. The molecule has 2 aromatic heterocycles. The van der Waals surface area contributed by atoms with Crippen LogP contribution in [0.1, 0.15) is 19.5 Å². The van der Waals surface area contributed by atoms with Crippen molar-refractivity contribution in [1.82, 2.24) is 14.4 Å². The Morgan fingerprint density at radius 2 is 2.06 bits per heavy atom. The molecule has 1 aromatic carbocycles. The fraction of sp³-hybridized carbons (Fsp3) is 0.286. The van der Waals surface area contributed by atoms with Gasteiger partial charge in [0.15, 0.2) is 10.8 Å². The zero-order valence-electron chi connectivity index (χ0n) is 10.4. The average Bonchev–Trinajstić information content (AvgIpc) is 2.73. The molecule has 0 aliphatic rings. The third-order valence-electron chi connectivity index (χ3n) is 2.98. The van der Waals surface area contributed by atoms with Gasteiger partial charge in [-0.2, -0.15) is 0 Å². The molecular weight excluding hydrogens is 246 g/mol. The quantitative estimate of drug-likeness (QED) is 0.702. The van der Waals surface area contributed by atoms with E-state index in [9.17, 15) is 0 Å². The summed E-state index contributed by atoms with van der Waals surface area (Å²) in [5, 5.41) is 0.462. The molecule has 3 nitrogen and oxygen atoms in total. The maximum Gasteiger partial charge on any atom is 0.175 e. The molecule has 0 radical (unpaired) electrons. The van der Waals surface area contributed by atoms with E-state index in [1.54, 1.807) is 0 Å². The van der Waals surface area contributed by atoms with Crippen molar-refractivity contribution in [2.75, 3.05) is 0 Å². The molecule has 0 aliphatic carbocycles. The van der Waals surface area contributed by atoms with Crippen molar-refractivity contribution in [2.24, 2.45) is 5.92 Å². The van der Waals surface area contributed by atoms with Crippen molar-refractivity contribution >= 4 is 28.3 Å². The van der Waals surface area contributed by atoms with Gasteiger partial charge in [0.05, 0.1) is 11.0 Å². The molecule has 0 N–H and O–H groups in total. The van der Waals surface area contributed by atoms with Crippen LogP contribution in [0.15, 0.2) is 30.5 Å². The second-order valence-corrected chi connectivity index (χ2v) is 5.26. The number of halogens is 1. The van der Waals surface area contributed by atoms with Crippen LogP contribution in [-0.4, -0.2) is 14.4 Å². The topological polar surface area (TPSA) is 30.2 Å². The summed E-state index contributed by atoms with van der Waals surface area (Å²) < 4.78 is 2.12. The molecule has 0 atom stereocenters. The van der Waals surface area contributed by atoms with E-state index in [0.29, 0.717) is 11.1 Å². The first kappa shape index (κ1) is 11.5. The van der Waals surface area contributed by atoms with E-state index in [4.69, 9.17) is 11.6 Å². The predicted molar refractivity (Wildman–Crippen MR) is 74.0 cm³/mol. The van der Waals surface area contributed by atoms with Crippen LogP contribution in [0.2, 0.25) is 5.15 Å². The van der Waals surface area contributed by atoms with Gasteiger partial charge < -0.3 is 0 Å². The molecule has 0 saturated carbocycles. The zero-order valence-corrected chi connectivity index (χ0v) is 11.1. The summed E-state index contributed by atoms with van der Waals surface area (Å²) >= 11 is 6.19. The fourth-order valence-corrected chi connectivity index (χ4v) is 2.49. The largest absolute Gasteiger partial charge is 0.293 e. The summed E-state index contributed by atoms with van der Waals surface area (Å²) in [6.07, 6.45) is 2.88. The first-order valence-corrected chi connectivity index (χ1v) is 6.45. The van der Waals surface area contributed by atoms with E-state index in [-0.39, 0.29) is 0 Å². The van der Waals surface area contributed by atoms with E-state index >= 15 is 0 Å². The minimum atomic E-state index is 0.462. The maximum atomic E-state index is 6.19. The van der Waals surface area contributed by atoms with Crippen molar-refractivity contribution in [2.45, 2.75) is 20.3 Å². The van der Waals surface area contributed by atoms with E-state index in [0.717, 1.165) is 23.1 Å². The molecule has 3 rings (SSSR count). The van der Waals surface area contributed by atoms with Gasteiger partial charge in [0, 0.05) is 11.9 Å². The Morgan fingerprint density at radius 3 is 2.83 bits per heavy atom. The van der Waals surface area contributed by atoms with Crippen LogP contribution in [0.5, 0.6) is 0 Å². The second kappa shape index (κ2) is 4.25. The standard InChI is InChI=1S/C14H14ClN3/c1-9(2)7-10-8-16-14-13(15)17-11-5-3-4-6-12(11)18(10)14/h3-6,8-9H,7H2,1-2H3. The summed E-state index contributed by atoms with van der Waals surface area (Å²) in [6.45, 7) is 4.40. The van der Waals surface area contributed by atoms with Crippen LogP contribution >= 0.6 is 11.6 Å². The third-order valence-corrected chi connectivity index (χ3v) is 3.23. The molecule has 0 saturated heterocycles. The number of rotatable bonds is 2. The van der Waals surface area contributed by atoms with Crippen LogP contribution < -0.4 is 0 Å². The summed E-state index contributed by atoms with van der Waals surface area (Å²) in [5.74, 6) is 0.579. The predicted octanol–water partition coefficient (Wildman–Crippen LogP) is 3.73. The minimum absolute atomic E-state index is 0.462. The normalized spacial score (nSPS) is 11.8. The zero-order chi connectivity index (χ0) is 12.7. The number of hydrogen-bond donors (Lipinski definition) is 0. The molecule has 92 valence electrons. The van der Waals surface area contributed by atoms with Crippen LogP contribution in [-0.2, 0) is 6.42 Å². The van der Waals surface area contributed by atoms with Crippen molar-refractivity contribution in [1.29, 1.82) is 0 Å². The van der Waals surface area contributed by atoms with Crippen LogP contribution in [0.25, 0.3) is 16.7 Å². The SMILES string of the molecule is CC(C)Cc1cnc2c(Cl)nc3ccccc3n12. The first-order valence-electron chi connectivity index (χ1n) is 6.07. The molecule has 0 amide bonds. The summed E-state index contributed by atoms with van der Waals surface area (Å²) in [7, 11) is 0. The van der Waals surface area contributed by atoms with Gasteiger partial charge in [-0.25, -0.2) is 9.97 Å². The molecule has 0 unspecified atom stereocenters. The third kappa shape index (κ3) is 1.75. The molecule has 0 aliphatic heterocycles. The molecule has 18 heavy (non-hydrogen) atoms. The second-order valence-electron chi connectivity index (χ2n) is 4.90. The van der Waals surface area contributed by atoms with Crippen LogP contribution in [0.4, 0.5) is 0 Å². The van der Waals surface area contributed by atoms with Crippen molar-refractivity contribution in [3.63, 3.8) is 0 Å². The Hall–Kier alpha value is -1.61. The highest BCUT2D eigenvalue weighted by Crippen LogP contribution is 2.23. The fourth-order valence-electron chi connectivity index (χ4n) is 2.27. The Morgan fingerprint density at radius 1 is 1.28 bits per heavy atom. The van der Waals surface area contributed by atoms with Gasteiger partial charge in [-0.15, -0.1) is 0 Å². The van der Waals surface area contributed by atoms with E-state index in [1.807, 2.05) is 24.4 Å².